The number of hydrogen-bond acceptors (Lipinski definition) is 2. The van der Waals surface area contributed by atoms with Crippen molar-refractivity contribution in [2.45, 2.75) is 26.2 Å². The van der Waals surface area contributed by atoms with Crippen molar-refractivity contribution in [3.05, 3.63) is 24.2 Å². The first-order chi connectivity index (χ1) is 5.89. The Morgan fingerprint density at radius 1 is 1.17 bits per heavy atom. The molecule has 1 aromatic rings. The van der Waals surface area contributed by atoms with E-state index in [0.717, 1.165) is 19.0 Å². The molecule has 68 valence electrons. The zero-order chi connectivity index (χ0) is 8.65. The predicted octanol–water partition coefficient (Wildman–Crippen LogP) is 2.77. The minimum atomic E-state index is 0.968. The van der Waals surface area contributed by atoms with E-state index in [2.05, 4.69) is 0 Å². The maximum Gasteiger partial charge on any atom is 0.100 e. The van der Waals surface area contributed by atoms with Gasteiger partial charge in [-0.25, -0.2) is 0 Å². The molecule has 2 nitrogen and oxygen atoms in total. The molecule has 0 saturated carbocycles. The highest BCUT2D eigenvalue weighted by molar-refractivity contribution is 4.93. The van der Waals surface area contributed by atoms with Crippen LogP contribution in [0.2, 0.25) is 0 Å². The van der Waals surface area contributed by atoms with Crippen LogP contribution in [0.15, 0.2) is 22.8 Å². The lowest BCUT2D eigenvalue weighted by atomic mass is 10.2. The topological polar surface area (TPSA) is 22.4 Å². The van der Waals surface area contributed by atoms with E-state index < -0.39 is 0 Å². The molecule has 1 aliphatic rings. The lowest BCUT2D eigenvalue weighted by molar-refractivity contribution is 0.0968. The molecule has 0 N–H and O–H groups in total. The van der Waals surface area contributed by atoms with Crippen molar-refractivity contribution in [1.82, 2.24) is 0 Å². The Labute approximate surface area is 73.5 Å². The van der Waals surface area contributed by atoms with E-state index in [9.17, 15) is 0 Å². The molecule has 2 heteroatoms. The molecule has 1 fully saturated rings. The zero-order valence-corrected chi connectivity index (χ0v) is 7.58. The van der Waals surface area contributed by atoms with E-state index in [1.165, 1.54) is 19.3 Å². The van der Waals surface area contributed by atoms with Crippen LogP contribution in [0.3, 0.4) is 0 Å². The average molecular weight is 168 g/mol. The van der Waals surface area contributed by atoms with Crippen molar-refractivity contribution in [1.29, 1.82) is 0 Å². The third kappa shape index (κ3) is 4.19. The van der Waals surface area contributed by atoms with Gasteiger partial charge in [-0.05, 0) is 38.3 Å². The summed E-state index contributed by atoms with van der Waals surface area (Å²) < 4.78 is 9.90. The summed E-state index contributed by atoms with van der Waals surface area (Å²) in [7, 11) is 0. The Hall–Kier alpha value is -0.760. The molecule has 1 saturated heterocycles. The quantitative estimate of drug-likeness (QED) is 0.594. The van der Waals surface area contributed by atoms with Crippen LogP contribution in [-0.4, -0.2) is 13.2 Å². The van der Waals surface area contributed by atoms with Crippen LogP contribution in [0.5, 0.6) is 0 Å². The van der Waals surface area contributed by atoms with Gasteiger partial charge < -0.3 is 9.15 Å². The molecule has 1 aliphatic heterocycles. The second-order valence-corrected chi connectivity index (χ2v) is 2.90. The average Bonchev–Trinajstić information content (AvgIpc) is 2.60. The van der Waals surface area contributed by atoms with Gasteiger partial charge in [-0.1, -0.05) is 0 Å². The smallest absolute Gasteiger partial charge is 0.100 e. The molecule has 12 heavy (non-hydrogen) atoms. The third-order valence-electron chi connectivity index (χ3n) is 1.74. The van der Waals surface area contributed by atoms with Crippen LogP contribution in [-0.2, 0) is 4.74 Å². The molecule has 0 amide bonds. The molecular weight excluding hydrogens is 152 g/mol. The fourth-order valence-corrected chi connectivity index (χ4v) is 1.05. The van der Waals surface area contributed by atoms with Crippen LogP contribution in [0, 0.1) is 6.92 Å². The number of rotatable bonds is 0. The van der Waals surface area contributed by atoms with Gasteiger partial charge in [0.25, 0.3) is 0 Å². The summed E-state index contributed by atoms with van der Waals surface area (Å²) in [6.07, 6.45) is 5.59. The molecule has 0 atom stereocenters. The molecule has 0 spiro atoms. The zero-order valence-electron chi connectivity index (χ0n) is 7.58. The second kappa shape index (κ2) is 5.84. The Kier molecular flexibility index (Phi) is 4.54. The van der Waals surface area contributed by atoms with Crippen LogP contribution in [0.25, 0.3) is 0 Å². The number of hydrogen-bond donors (Lipinski definition) is 0. The normalized spacial score (nSPS) is 16.4. The van der Waals surface area contributed by atoms with Crippen LogP contribution in [0.4, 0.5) is 0 Å². The molecule has 2 heterocycles. The van der Waals surface area contributed by atoms with E-state index >= 15 is 0 Å². The Morgan fingerprint density at radius 2 is 1.92 bits per heavy atom. The molecule has 0 radical (unpaired) electrons. The van der Waals surface area contributed by atoms with Gasteiger partial charge in [0.1, 0.15) is 5.76 Å². The van der Waals surface area contributed by atoms with Gasteiger partial charge in [-0.2, -0.15) is 0 Å². The van der Waals surface area contributed by atoms with Gasteiger partial charge in [0.15, 0.2) is 0 Å². The van der Waals surface area contributed by atoms with Crippen LogP contribution < -0.4 is 0 Å². The van der Waals surface area contributed by atoms with E-state index in [1.807, 2.05) is 19.1 Å². The lowest BCUT2D eigenvalue weighted by Crippen LogP contribution is -2.03. The van der Waals surface area contributed by atoms with E-state index in [0.29, 0.717) is 0 Å². The van der Waals surface area contributed by atoms with Gasteiger partial charge in [0.2, 0.25) is 0 Å². The Morgan fingerprint density at radius 3 is 2.08 bits per heavy atom. The maximum absolute atomic E-state index is 5.07. The monoisotopic (exact) mass is 168 g/mol. The SMILES string of the molecule is C1CCOCC1.Cc1ccco1. The maximum atomic E-state index is 5.07. The molecular formula is C10H16O2. The van der Waals surface area contributed by atoms with Crippen molar-refractivity contribution >= 4 is 0 Å². The summed E-state index contributed by atoms with van der Waals surface area (Å²) in [6.45, 7) is 3.92. The van der Waals surface area contributed by atoms with Gasteiger partial charge in [-0.3, -0.25) is 0 Å². The highest BCUT2D eigenvalue weighted by Gasteiger charge is 1.94. The summed E-state index contributed by atoms with van der Waals surface area (Å²) >= 11 is 0. The van der Waals surface area contributed by atoms with Gasteiger partial charge >= 0.3 is 0 Å². The largest absolute Gasteiger partial charge is 0.470 e. The van der Waals surface area contributed by atoms with E-state index in [-0.39, 0.29) is 0 Å². The molecule has 1 aromatic heterocycles. The Bertz CT molecular complexity index is 164. The van der Waals surface area contributed by atoms with Crippen LogP contribution in [0.1, 0.15) is 25.0 Å². The van der Waals surface area contributed by atoms with Gasteiger partial charge in [0.05, 0.1) is 6.26 Å². The Balaban J connectivity index is 0.000000120. The fraction of sp³-hybridized carbons (Fsp3) is 0.600. The highest BCUT2D eigenvalue weighted by atomic mass is 16.5. The van der Waals surface area contributed by atoms with Gasteiger partial charge in [0, 0.05) is 13.2 Å². The number of aryl methyl sites for hydroxylation is 1. The number of furan rings is 1. The van der Waals surface area contributed by atoms with E-state index in [4.69, 9.17) is 9.15 Å². The van der Waals surface area contributed by atoms with Crippen molar-refractivity contribution in [2.75, 3.05) is 13.2 Å². The van der Waals surface area contributed by atoms with Gasteiger partial charge in [-0.15, -0.1) is 0 Å². The molecule has 0 aromatic carbocycles. The molecule has 0 unspecified atom stereocenters. The predicted molar refractivity (Wildman–Crippen MR) is 48.1 cm³/mol. The summed E-state index contributed by atoms with van der Waals surface area (Å²) in [4.78, 5) is 0. The third-order valence-corrected chi connectivity index (χ3v) is 1.74. The van der Waals surface area contributed by atoms with Crippen LogP contribution >= 0.6 is 0 Å². The van der Waals surface area contributed by atoms with E-state index in [1.54, 1.807) is 6.26 Å². The molecule has 0 aliphatic carbocycles. The lowest BCUT2D eigenvalue weighted by Gasteiger charge is -2.08. The highest BCUT2D eigenvalue weighted by Crippen LogP contribution is 2.02. The minimum absolute atomic E-state index is 0.968. The minimum Gasteiger partial charge on any atom is -0.470 e. The molecule has 2 rings (SSSR count). The first kappa shape index (κ1) is 9.33. The number of ether oxygens (including phenoxy) is 1. The standard InChI is InChI=1S/C5H6O.C5H10O/c1-5-3-2-4-6-5;1-2-4-6-5-3-1/h2-4H,1H3;1-5H2. The van der Waals surface area contributed by atoms with Crippen molar-refractivity contribution < 1.29 is 9.15 Å². The first-order valence-corrected chi connectivity index (χ1v) is 4.47. The summed E-state index contributed by atoms with van der Waals surface area (Å²) in [6, 6.07) is 3.79. The summed E-state index contributed by atoms with van der Waals surface area (Å²) in [5, 5.41) is 0. The van der Waals surface area contributed by atoms with Crippen molar-refractivity contribution in [3.8, 4) is 0 Å². The summed E-state index contributed by atoms with van der Waals surface area (Å²) in [5.41, 5.74) is 0. The van der Waals surface area contributed by atoms with Crippen molar-refractivity contribution in [3.63, 3.8) is 0 Å². The first-order valence-electron chi connectivity index (χ1n) is 4.47. The summed E-state index contributed by atoms with van der Waals surface area (Å²) in [5.74, 6) is 0.968. The fourth-order valence-electron chi connectivity index (χ4n) is 1.05. The van der Waals surface area contributed by atoms with Crippen molar-refractivity contribution in [2.24, 2.45) is 0 Å². The molecule has 0 bridgehead atoms. The second-order valence-electron chi connectivity index (χ2n) is 2.90.